The Morgan fingerprint density at radius 3 is 2.62 bits per heavy atom. The van der Waals surface area contributed by atoms with E-state index in [1.807, 2.05) is 11.1 Å². The van der Waals surface area contributed by atoms with E-state index in [4.69, 9.17) is 0 Å². The Bertz CT molecular complexity index is 614. The maximum atomic E-state index is 12.6. The van der Waals surface area contributed by atoms with Gasteiger partial charge in [0.1, 0.15) is 0 Å². The normalized spacial score (nSPS) is 25.0. The molecule has 2 N–H and O–H groups in total. The maximum Gasteiger partial charge on any atom is 0.225 e. The molecule has 3 aliphatic rings. The number of piperidine rings is 1. The van der Waals surface area contributed by atoms with Crippen molar-refractivity contribution in [3.05, 3.63) is 17.5 Å². The Hall–Kier alpha value is -1.85. The predicted octanol–water partition coefficient (Wildman–Crippen LogP) is 1.42. The minimum atomic E-state index is 0.0567. The number of nitrogens with zero attached hydrogens (tertiary/aromatic N) is 2. The summed E-state index contributed by atoms with van der Waals surface area (Å²) in [5.41, 5.74) is 2.44. The monoisotopic (exact) mass is 330 g/mol. The summed E-state index contributed by atoms with van der Waals surface area (Å²) in [6.07, 6.45) is 9.56. The average molecular weight is 330 g/mol. The van der Waals surface area contributed by atoms with E-state index in [9.17, 15) is 9.59 Å². The van der Waals surface area contributed by atoms with Crippen molar-refractivity contribution in [2.75, 3.05) is 13.1 Å². The van der Waals surface area contributed by atoms with Gasteiger partial charge in [0.25, 0.3) is 0 Å². The van der Waals surface area contributed by atoms with Crippen LogP contribution in [0.1, 0.15) is 49.8 Å². The number of fused-ring (bicyclic) bond motifs is 1. The lowest BCUT2D eigenvalue weighted by molar-refractivity contribution is -0.141. The molecule has 0 aromatic carbocycles. The standard InChI is InChI=1S/C18H26N4O2/c23-17(20-15-4-5-16-14(10-15)11-19-21-16)12-6-8-22(9-7-12)18(24)13-2-1-3-13/h11-13,15H,1-10H2,(H,19,21)(H,20,23). The molecule has 6 heteroatoms. The van der Waals surface area contributed by atoms with Gasteiger partial charge in [-0.05, 0) is 50.5 Å². The average Bonchev–Trinajstić information content (AvgIpc) is 3.01. The van der Waals surface area contributed by atoms with Crippen LogP contribution in [0.4, 0.5) is 0 Å². The number of hydrogen-bond donors (Lipinski definition) is 2. The van der Waals surface area contributed by atoms with Crippen LogP contribution in [0.5, 0.6) is 0 Å². The van der Waals surface area contributed by atoms with Gasteiger partial charge in [0.15, 0.2) is 0 Å². The van der Waals surface area contributed by atoms with Crippen molar-refractivity contribution in [2.45, 2.75) is 57.4 Å². The van der Waals surface area contributed by atoms with Gasteiger partial charge < -0.3 is 10.2 Å². The first-order valence-electron chi connectivity index (χ1n) is 9.31. The number of aromatic amines is 1. The summed E-state index contributed by atoms with van der Waals surface area (Å²) < 4.78 is 0. The molecule has 130 valence electrons. The molecule has 0 bridgehead atoms. The number of nitrogens with one attached hydrogen (secondary N) is 2. The Balaban J connectivity index is 1.25. The van der Waals surface area contributed by atoms with E-state index in [1.165, 1.54) is 17.7 Å². The summed E-state index contributed by atoms with van der Waals surface area (Å²) in [6.45, 7) is 1.48. The molecule has 2 aliphatic carbocycles. The topological polar surface area (TPSA) is 78.1 Å². The molecule has 1 unspecified atom stereocenters. The molecular formula is C18H26N4O2. The zero-order chi connectivity index (χ0) is 16.5. The largest absolute Gasteiger partial charge is 0.353 e. The minimum absolute atomic E-state index is 0.0567. The number of carbonyl (C=O) groups excluding carboxylic acids is 2. The van der Waals surface area contributed by atoms with Gasteiger partial charge in [0.2, 0.25) is 11.8 Å². The SMILES string of the molecule is O=C(NC1CCc2[nH]ncc2C1)C1CCN(C(=O)C2CCC2)CC1. The summed E-state index contributed by atoms with van der Waals surface area (Å²) in [6, 6.07) is 0.220. The number of likely N-dealkylation sites (tertiary alicyclic amines) is 1. The van der Waals surface area contributed by atoms with E-state index in [0.29, 0.717) is 5.91 Å². The molecular weight excluding hydrogens is 304 g/mol. The van der Waals surface area contributed by atoms with Crippen LogP contribution in [0.2, 0.25) is 0 Å². The predicted molar refractivity (Wildman–Crippen MR) is 89.2 cm³/mol. The second-order valence-electron chi connectivity index (χ2n) is 7.55. The van der Waals surface area contributed by atoms with Crippen LogP contribution < -0.4 is 5.32 Å². The molecule has 1 atom stereocenters. The fourth-order valence-electron chi connectivity index (χ4n) is 4.13. The fraction of sp³-hybridized carbons (Fsp3) is 0.722. The van der Waals surface area contributed by atoms with Crippen LogP contribution in [0.15, 0.2) is 6.20 Å². The van der Waals surface area contributed by atoms with Gasteiger partial charge in [-0.25, -0.2) is 0 Å². The summed E-state index contributed by atoms with van der Waals surface area (Å²) in [5.74, 6) is 0.811. The first-order valence-corrected chi connectivity index (χ1v) is 9.31. The van der Waals surface area contributed by atoms with E-state index < -0.39 is 0 Å². The van der Waals surface area contributed by atoms with Crippen molar-refractivity contribution in [3.63, 3.8) is 0 Å². The molecule has 0 spiro atoms. The first kappa shape index (κ1) is 15.7. The van der Waals surface area contributed by atoms with Crippen LogP contribution in [0.25, 0.3) is 0 Å². The van der Waals surface area contributed by atoms with Crippen molar-refractivity contribution in [2.24, 2.45) is 11.8 Å². The highest BCUT2D eigenvalue weighted by molar-refractivity contribution is 5.81. The second kappa shape index (κ2) is 6.57. The lowest BCUT2D eigenvalue weighted by Crippen LogP contribution is -2.48. The lowest BCUT2D eigenvalue weighted by Gasteiger charge is -2.36. The Kier molecular flexibility index (Phi) is 4.29. The van der Waals surface area contributed by atoms with Crippen LogP contribution in [-0.2, 0) is 22.4 Å². The van der Waals surface area contributed by atoms with Gasteiger partial charge in [-0.1, -0.05) is 6.42 Å². The number of rotatable bonds is 3. The third-order valence-corrected chi connectivity index (χ3v) is 5.99. The summed E-state index contributed by atoms with van der Waals surface area (Å²) in [4.78, 5) is 26.8. The van der Waals surface area contributed by atoms with Crippen molar-refractivity contribution >= 4 is 11.8 Å². The lowest BCUT2D eigenvalue weighted by atomic mass is 9.83. The number of H-pyrrole nitrogens is 1. The van der Waals surface area contributed by atoms with Gasteiger partial charge in [-0.3, -0.25) is 14.7 Å². The van der Waals surface area contributed by atoms with Crippen LogP contribution >= 0.6 is 0 Å². The fourth-order valence-corrected chi connectivity index (χ4v) is 4.13. The summed E-state index contributed by atoms with van der Waals surface area (Å²) >= 11 is 0. The van der Waals surface area contributed by atoms with Crippen LogP contribution in [-0.4, -0.2) is 46.0 Å². The highest BCUT2D eigenvalue weighted by Gasteiger charge is 2.34. The number of aromatic nitrogens is 2. The van der Waals surface area contributed by atoms with E-state index in [-0.39, 0.29) is 23.8 Å². The third-order valence-electron chi connectivity index (χ3n) is 5.99. The maximum absolute atomic E-state index is 12.6. The Labute approximate surface area is 142 Å². The van der Waals surface area contributed by atoms with E-state index in [1.54, 1.807) is 0 Å². The van der Waals surface area contributed by atoms with E-state index in [0.717, 1.165) is 58.0 Å². The van der Waals surface area contributed by atoms with E-state index >= 15 is 0 Å². The van der Waals surface area contributed by atoms with Gasteiger partial charge in [-0.15, -0.1) is 0 Å². The van der Waals surface area contributed by atoms with Crippen molar-refractivity contribution in [1.29, 1.82) is 0 Å². The van der Waals surface area contributed by atoms with Crippen molar-refractivity contribution in [3.8, 4) is 0 Å². The minimum Gasteiger partial charge on any atom is -0.353 e. The molecule has 1 aromatic heterocycles. The smallest absolute Gasteiger partial charge is 0.225 e. The molecule has 6 nitrogen and oxygen atoms in total. The van der Waals surface area contributed by atoms with Gasteiger partial charge in [0.05, 0.1) is 6.20 Å². The molecule has 2 heterocycles. The number of carbonyl (C=O) groups is 2. The van der Waals surface area contributed by atoms with Gasteiger partial charge in [-0.2, -0.15) is 5.10 Å². The molecule has 0 radical (unpaired) electrons. The number of amides is 2. The van der Waals surface area contributed by atoms with Crippen LogP contribution in [0, 0.1) is 11.8 Å². The van der Waals surface area contributed by atoms with E-state index in [2.05, 4.69) is 15.5 Å². The molecule has 1 saturated carbocycles. The highest BCUT2D eigenvalue weighted by Crippen LogP contribution is 2.30. The Morgan fingerprint density at radius 1 is 1.12 bits per heavy atom. The van der Waals surface area contributed by atoms with Crippen molar-refractivity contribution < 1.29 is 9.59 Å². The molecule has 1 aromatic rings. The van der Waals surface area contributed by atoms with Crippen LogP contribution in [0.3, 0.4) is 0 Å². The molecule has 1 aliphatic heterocycles. The molecule has 2 amide bonds. The molecule has 24 heavy (non-hydrogen) atoms. The second-order valence-corrected chi connectivity index (χ2v) is 7.55. The summed E-state index contributed by atoms with van der Waals surface area (Å²) in [7, 11) is 0. The zero-order valence-electron chi connectivity index (χ0n) is 14.1. The highest BCUT2D eigenvalue weighted by atomic mass is 16.2. The summed E-state index contributed by atoms with van der Waals surface area (Å²) in [5, 5.41) is 10.3. The van der Waals surface area contributed by atoms with Gasteiger partial charge in [0, 0.05) is 36.7 Å². The molecule has 4 rings (SSSR count). The van der Waals surface area contributed by atoms with Gasteiger partial charge >= 0.3 is 0 Å². The Morgan fingerprint density at radius 2 is 1.92 bits per heavy atom. The number of hydrogen-bond acceptors (Lipinski definition) is 3. The zero-order valence-corrected chi connectivity index (χ0v) is 14.1. The first-order chi connectivity index (χ1) is 11.7. The quantitative estimate of drug-likeness (QED) is 0.880. The van der Waals surface area contributed by atoms with Crippen molar-refractivity contribution in [1.82, 2.24) is 20.4 Å². The molecule has 2 fully saturated rings. The third kappa shape index (κ3) is 3.06. The number of aryl methyl sites for hydroxylation is 1. The molecule has 1 saturated heterocycles.